The van der Waals surface area contributed by atoms with Crippen LogP contribution in [0.15, 0.2) is 16.5 Å². The largest absolute Gasteiger partial charge is 0.458 e. The first-order valence-corrected chi connectivity index (χ1v) is 3.11. The number of hydrogen-bond acceptors (Lipinski definition) is 3. The first-order valence-electron chi connectivity index (χ1n) is 3.11. The molecule has 0 spiro atoms. The normalized spacial score (nSPS) is 11.3. The summed E-state index contributed by atoms with van der Waals surface area (Å²) in [6, 6.07) is 1.80. The predicted octanol–water partition coefficient (Wildman–Crippen LogP) is 1.84. The summed E-state index contributed by atoms with van der Waals surface area (Å²) in [6.07, 6.45) is -4.76. The molecule has 0 unspecified atom stereocenters. The smallest absolute Gasteiger partial charge is 0.450 e. The molecule has 0 radical (unpaired) electrons. The number of ketones is 1. The van der Waals surface area contributed by atoms with Gasteiger partial charge in [0.2, 0.25) is 0 Å². The Bertz CT molecular complexity index is 337. The minimum atomic E-state index is -4.97. The average molecular weight is 192 g/mol. The molecule has 1 rings (SSSR count). The zero-order valence-corrected chi connectivity index (χ0v) is 6.09. The van der Waals surface area contributed by atoms with Crippen molar-refractivity contribution in [3.05, 3.63) is 23.7 Å². The Kier molecular flexibility index (Phi) is 2.22. The number of Topliss-reactive ketones (excluding diaryl/α,β-unsaturated/α-hetero) is 1. The van der Waals surface area contributed by atoms with Crippen LogP contribution in [-0.2, 0) is 0 Å². The molecule has 0 aliphatic carbocycles. The van der Waals surface area contributed by atoms with E-state index in [1.165, 1.54) is 0 Å². The number of halogens is 3. The van der Waals surface area contributed by atoms with Gasteiger partial charge in [-0.3, -0.25) is 9.59 Å². The van der Waals surface area contributed by atoms with Crippen LogP contribution in [0.5, 0.6) is 0 Å². The number of rotatable bonds is 2. The molecule has 0 amide bonds. The van der Waals surface area contributed by atoms with Crippen LogP contribution in [-0.4, -0.2) is 18.2 Å². The Morgan fingerprint density at radius 3 is 2.38 bits per heavy atom. The molecular weight excluding hydrogens is 189 g/mol. The third-order valence-electron chi connectivity index (χ3n) is 1.22. The van der Waals surface area contributed by atoms with E-state index in [2.05, 4.69) is 4.42 Å². The van der Waals surface area contributed by atoms with Gasteiger partial charge in [0.05, 0.1) is 0 Å². The highest BCUT2D eigenvalue weighted by atomic mass is 19.4. The van der Waals surface area contributed by atoms with Crippen molar-refractivity contribution in [1.29, 1.82) is 0 Å². The van der Waals surface area contributed by atoms with Crippen molar-refractivity contribution in [2.24, 2.45) is 0 Å². The molecule has 0 aliphatic heterocycles. The lowest BCUT2D eigenvalue weighted by atomic mass is 10.3. The fraction of sp³-hybridized carbons (Fsp3) is 0.143. The molecule has 0 atom stereocenters. The van der Waals surface area contributed by atoms with Gasteiger partial charge in [0.1, 0.15) is 0 Å². The molecule has 0 bridgehead atoms. The van der Waals surface area contributed by atoms with Gasteiger partial charge in [0.15, 0.2) is 17.8 Å². The number of hydrogen-bond donors (Lipinski definition) is 0. The van der Waals surface area contributed by atoms with Gasteiger partial charge in [-0.05, 0) is 12.1 Å². The third kappa shape index (κ3) is 1.95. The number of furan rings is 1. The van der Waals surface area contributed by atoms with Crippen LogP contribution in [0.1, 0.15) is 21.1 Å². The lowest BCUT2D eigenvalue weighted by Gasteiger charge is -2.00. The highest BCUT2D eigenvalue weighted by Gasteiger charge is 2.41. The monoisotopic (exact) mass is 192 g/mol. The van der Waals surface area contributed by atoms with Gasteiger partial charge in [0.25, 0.3) is 0 Å². The summed E-state index contributed by atoms with van der Waals surface area (Å²) in [5.41, 5.74) is 0. The summed E-state index contributed by atoms with van der Waals surface area (Å²) in [7, 11) is 0. The maximum Gasteiger partial charge on any atom is 0.458 e. The molecule has 3 nitrogen and oxygen atoms in total. The van der Waals surface area contributed by atoms with Crippen LogP contribution in [0, 0.1) is 0 Å². The second-order valence-corrected chi connectivity index (χ2v) is 2.15. The molecule has 0 aliphatic rings. The van der Waals surface area contributed by atoms with Gasteiger partial charge in [0, 0.05) is 0 Å². The van der Waals surface area contributed by atoms with E-state index in [1.54, 1.807) is 0 Å². The molecule has 1 heterocycles. The van der Waals surface area contributed by atoms with E-state index >= 15 is 0 Å². The fourth-order valence-corrected chi connectivity index (χ4v) is 0.678. The topological polar surface area (TPSA) is 47.3 Å². The van der Waals surface area contributed by atoms with E-state index in [9.17, 15) is 22.8 Å². The minimum absolute atomic E-state index is 0.215. The van der Waals surface area contributed by atoms with Crippen LogP contribution in [0.2, 0.25) is 0 Å². The molecular formula is C7H3F3O3. The molecule has 0 aromatic carbocycles. The van der Waals surface area contributed by atoms with Crippen LogP contribution in [0.4, 0.5) is 13.2 Å². The molecule has 1 aromatic rings. The molecule has 13 heavy (non-hydrogen) atoms. The van der Waals surface area contributed by atoms with Crippen LogP contribution in [0.25, 0.3) is 0 Å². The highest BCUT2D eigenvalue weighted by Crippen LogP contribution is 2.22. The van der Waals surface area contributed by atoms with Crippen molar-refractivity contribution < 1.29 is 27.2 Å². The number of alkyl halides is 3. The minimum Gasteiger partial charge on any atom is -0.450 e. The maximum absolute atomic E-state index is 11.8. The second-order valence-electron chi connectivity index (χ2n) is 2.15. The number of aldehydes is 1. The SMILES string of the molecule is O=Cc1ccc(C(=O)C(F)(F)F)o1. The molecule has 1 aromatic heterocycles. The van der Waals surface area contributed by atoms with Crippen molar-refractivity contribution in [1.82, 2.24) is 0 Å². The Morgan fingerprint density at radius 2 is 2.00 bits per heavy atom. The summed E-state index contributed by atoms with van der Waals surface area (Å²) in [4.78, 5) is 20.5. The van der Waals surface area contributed by atoms with E-state index in [0.29, 0.717) is 0 Å². The van der Waals surface area contributed by atoms with Gasteiger partial charge in [-0.15, -0.1) is 0 Å². The van der Waals surface area contributed by atoms with Gasteiger partial charge < -0.3 is 4.42 Å². The Balaban J connectivity index is 2.96. The summed E-state index contributed by atoms with van der Waals surface area (Å²) in [5, 5.41) is 0. The van der Waals surface area contributed by atoms with E-state index in [4.69, 9.17) is 0 Å². The third-order valence-corrected chi connectivity index (χ3v) is 1.22. The van der Waals surface area contributed by atoms with Gasteiger partial charge in [-0.2, -0.15) is 13.2 Å². The van der Waals surface area contributed by atoms with Crippen LogP contribution < -0.4 is 0 Å². The van der Waals surface area contributed by atoms with Crippen molar-refractivity contribution in [3.63, 3.8) is 0 Å². The van der Waals surface area contributed by atoms with Crippen molar-refractivity contribution in [2.75, 3.05) is 0 Å². The highest BCUT2D eigenvalue weighted by molar-refractivity contribution is 5.98. The summed E-state index contributed by atoms with van der Waals surface area (Å²) < 4.78 is 39.5. The molecule has 0 saturated heterocycles. The number of carbonyl (C=O) groups is 2. The van der Waals surface area contributed by atoms with Crippen LogP contribution in [0.3, 0.4) is 0 Å². The van der Waals surface area contributed by atoms with Gasteiger partial charge in [-0.1, -0.05) is 0 Å². The summed E-state index contributed by atoms with van der Waals surface area (Å²) >= 11 is 0. The quantitative estimate of drug-likeness (QED) is 0.530. The summed E-state index contributed by atoms with van der Waals surface area (Å²) in [5.74, 6) is -3.29. The summed E-state index contributed by atoms with van der Waals surface area (Å²) in [6.45, 7) is 0. The molecule has 0 N–H and O–H groups in total. The van der Waals surface area contributed by atoms with E-state index in [0.717, 1.165) is 12.1 Å². The zero-order valence-electron chi connectivity index (χ0n) is 6.09. The Hall–Kier alpha value is -1.59. The Labute approximate surface area is 70.1 Å². The molecule has 6 heteroatoms. The lowest BCUT2D eigenvalue weighted by Crippen LogP contribution is -2.22. The van der Waals surface area contributed by atoms with Gasteiger partial charge in [-0.25, -0.2) is 0 Å². The maximum atomic E-state index is 11.8. The van der Waals surface area contributed by atoms with E-state index in [-0.39, 0.29) is 12.0 Å². The van der Waals surface area contributed by atoms with Gasteiger partial charge >= 0.3 is 12.0 Å². The van der Waals surface area contributed by atoms with Crippen LogP contribution >= 0.6 is 0 Å². The standard InChI is InChI=1S/C7H3F3O3/c8-7(9,10)6(12)5-2-1-4(3-11)13-5/h1-3H. The zero-order chi connectivity index (χ0) is 10.1. The molecule has 0 saturated carbocycles. The Morgan fingerprint density at radius 1 is 1.38 bits per heavy atom. The van der Waals surface area contributed by atoms with Crippen molar-refractivity contribution >= 4 is 12.1 Å². The van der Waals surface area contributed by atoms with Crippen molar-refractivity contribution in [3.8, 4) is 0 Å². The van der Waals surface area contributed by atoms with Crippen molar-refractivity contribution in [2.45, 2.75) is 6.18 Å². The first-order chi connectivity index (χ1) is 5.95. The predicted molar refractivity (Wildman–Crippen MR) is 34.5 cm³/mol. The number of carbonyl (C=O) groups excluding carboxylic acids is 2. The fourth-order valence-electron chi connectivity index (χ4n) is 0.678. The first kappa shape index (κ1) is 9.50. The molecule has 70 valence electrons. The average Bonchev–Trinajstić information content (AvgIpc) is 2.48. The van der Waals surface area contributed by atoms with E-state index in [1.807, 2.05) is 0 Å². The lowest BCUT2D eigenvalue weighted by molar-refractivity contribution is -0.0899. The second kappa shape index (κ2) is 3.04. The van der Waals surface area contributed by atoms with E-state index < -0.39 is 17.7 Å². The molecule has 0 fully saturated rings.